The molecule has 2 nitrogen and oxygen atoms in total. The zero-order valence-electron chi connectivity index (χ0n) is 10.8. The number of thiazole rings is 1. The van der Waals surface area contributed by atoms with E-state index in [2.05, 4.69) is 11.9 Å². The third-order valence-corrected chi connectivity index (χ3v) is 3.78. The van der Waals surface area contributed by atoms with Crippen molar-refractivity contribution >= 4 is 17.1 Å². The molecule has 0 amide bonds. The van der Waals surface area contributed by atoms with E-state index >= 15 is 0 Å². The predicted octanol–water partition coefficient (Wildman–Crippen LogP) is 4.86. The maximum atomic E-state index is 11.7. The standard InChI is InChI=1S/C14H23NOS/c1-2-3-4-5-6-7-8-9-10-13(16)14-11-15-12-17-14/h11-12H,2-10H2,1H3. The molecule has 0 spiro atoms. The maximum absolute atomic E-state index is 11.7. The highest BCUT2D eigenvalue weighted by atomic mass is 32.1. The SMILES string of the molecule is CCCCCCCCCCC(=O)c1cncs1. The lowest BCUT2D eigenvalue weighted by Crippen LogP contribution is -1.95. The first-order valence-corrected chi connectivity index (χ1v) is 7.64. The Kier molecular flexibility index (Phi) is 7.89. The van der Waals surface area contributed by atoms with E-state index < -0.39 is 0 Å². The van der Waals surface area contributed by atoms with Crippen molar-refractivity contribution in [1.29, 1.82) is 0 Å². The lowest BCUT2D eigenvalue weighted by Gasteiger charge is -2.00. The zero-order valence-corrected chi connectivity index (χ0v) is 11.6. The first-order chi connectivity index (χ1) is 8.34. The van der Waals surface area contributed by atoms with Gasteiger partial charge in [-0.3, -0.25) is 9.78 Å². The van der Waals surface area contributed by atoms with Crippen molar-refractivity contribution in [2.45, 2.75) is 64.7 Å². The molecule has 1 heterocycles. The van der Waals surface area contributed by atoms with E-state index in [1.165, 1.54) is 56.3 Å². The molecule has 1 rings (SSSR count). The Hall–Kier alpha value is -0.700. The number of carbonyl (C=O) groups excluding carboxylic acids is 1. The molecule has 0 aliphatic carbocycles. The highest BCUT2D eigenvalue weighted by Crippen LogP contribution is 2.13. The molecule has 1 aromatic rings. The molecule has 0 fully saturated rings. The topological polar surface area (TPSA) is 30.0 Å². The summed E-state index contributed by atoms with van der Waals surface area (Å²) in [5.41, 5.74) is 1.72. The number of hydrogen-bond donors (Lipinski definition) is 0. The number of carbonyl (C=O) groups is 1. The van der Waals surface area contributed by atoms with E-state index in [9.17, 15) is 4.79 Å². The molecule has 0 aliphatic heterocycles. The van der Waals surface area contributed by atoms with E-state index in [-0.39, 0.29) is 5.78 Å². The van der Waals surface area contributed by atoms with Crippen molar-refractivity contribution in [3.05, 3.63) is 16.6 Å². The minimum absolute atomic E-state index is 0.262. The van der Waals surface area contributed by atoms with Gasteiger partial charge in [0.05, 0.1) is 10.4 Å². The van der Waals surface area contributed by atoms with Gasteiger partial charge in [-0.15, -0.1) is 11.3 Å². The van der Waals surface area contributed by atoms with Crippen LogP contribution in [0.25, 0.3) is 0 Å². The van der Waals surface area contributed by atoms with Gasteiger partial charge in [-0.05, 0) is 6.42 Å². The number of aromatic nitrogens is 1. The second kappa shape index (κ2) is 9.34. The zero-order chi connectivity index (χ0) is 12.3. The van der Waals surface area contributed by atoms with E-state index in [0.29, 0.717) is 6.42 Å². The van der Waals surface area contributed by atoms with Crippen molar-refractivity contribution in [3.63, 3.8) is 0 Å². The second-order valence-corrected chi connectivity index (χ2v) is 5.40. The van der Waals surface area contributed by atoms with Crippen LogP contribution in [0.5, 0.6) is 0 Å². The van der Waals surface area contributed by atoms with Gasteiger partial charge in [0.15, 0.2) is 5.78 Å². The van der Waals surface area contributed by atoms with Gasteiger partial charge in [-0.1, -0.05) is 51.9 Å². The van der Waals surface area contributed by atoms with Gasteiger partial charge in [0.2, 0.25) is 0 Å². The molecule has 0 radical (unpaired) electrons. The van der Waals surface area contributed by atoms with Gasteiger partial charge in [0.1, 0.15) is 0 Å². The minimum Gasteiger partial charge on any atom is -0.293 e. The largest absolute Gasteiger partial charge is 0.293 e. The van der Waals surface area contributed by atoms with Crippen LogP contribution in [-0.4, -0.2) is 10.8 Å². The normalized spacial score (nSPS) is 10.6. The van der Waals surface area contributed by atoms with Gasteiger partial charge < -0.3 is 0 Å². The third kappa shape index (κ3) is 6.57. The fraction of sp³-hybridized carbons (Fsp3) is 0.714. The summed E-state index contributed by atoms with van der Waals surface area (Å²) < 4.78 is 0. The quantitative estimate of drug-likeness (QED) is 0.440. The summed E-state index contributed by atoms with van der Waals surface area (Å²) in [4.78, 5) is 16.4. The van der Waals surface area contributed by atoms with Crippen LogP contribution in [0.1, 0.15) is 74.4 Å². The number of nitrogens with zero attached hydrogens (tertiary/aromatic N) is 1. The molecular formula is C14H23NOS. The molecule has 3 heteroatoms. The van der Waals surface area contributed by atoms with Gasteiger partial charge in [-0.2, -0.15) is 0 Å². The average molecular weight is 253 g/mol. The first kappa shape index (κ1) is 14.4. The monoisotopic (exact) mass is 253 g/mol. The van der Waals surface area contributed by atoms with Crippen LogP contribution in [0.2, 0.25) is 0 Å². The smallest absolute Gasteiger partial charge is 0.174 e. The lowest BCUT2D eigenvalue weighted by molar-refractivity contribution is 0.0983. The molecule has 1 aromatic heterocycles. The van der Waals surface area contributed by atoms with Crippen LogP contribution in [-0.2, 0) is 0 Å². The highest BCUT2D eigenvalue weighted by molar-refractivity contribution is 7.11. The van der Waals surface area contributed by atoms with E-state index in [1.807, 2.05) is 0 Å². The number of ketones is 1. The Labute approximate surface area is 108 Å². The van der Waals surface area contributed by atoms with E-state index in [1.54, 1.807) is 11.7 Å². The third-order valence-electron chi connectivity index (χ3n) is 2.96. The Morgan fingerprint density at radius 3 is 2.35 bits per heavy atom. The molecule has 0 saturated heterocycles. The van der Waals surface area contributed by atoms with Gasteiger partial charge >= 0.3 is 0 Å². The summed E-state index contributed by atoms with van der Waals surface area (Å²) in [6, 6.07) is 0. The molecule has 0 aromatic carbocycles. The number of hydrogen-bond acceptors (Lipinski definition) is 3. The molecule has 17 heavy (non-hydrogen) atoms. The van der Waals surface area contributed by atoms with Crippen molar-refractivity contribution in [2.24, 2.45) is 0 Å². The van der Waals surface area contributed by atoms with Gasteiger partial charge in [0.25, 0.3) is 0 Å². The molecule has 0 unspecified atom stereocenters. The molecule has 0 aliphatic rings. The van der Waals surface area contributed by atoms with Crippen LogP contribution < -0.4 is 0 Å². The van der Waals surface area contributed by atoms with Crippen molar-refractivity contribution in [2.75, 3.05) is 0 Å². The van der Waals surface area contributed by atoms with Crippen molar-refractivity contribution in [1.82, 2.24) is 4.98 Å². The average Bonchev–Trinajstić information content (AvgIpc) is 2.86. The van der Waals surface area contributed by atoms with Crippen LogP contribution in [0.3, 0.4) is 0 Å². The summed E-state index contributed by atoms with van der Waals surface area (Å²) in [5.74, 6) is 0.262. The number of Topliss-reactive ketones (excluding diaryl/α,β-unsaturated/α-hetero) is 1. The second-order valence-electron chi connectivity index (χ2n) is 4.51. The molecular weight excluding hydrogens is 230 g/mol. The Balaban J connectivity index is 1.92. The molecule has 0 atom stereocenters. The number of rotatable bonds is 10. The molecule has 96 valence electrons. The van der Waals surface area contributed by atoms with E-state index in [0.717, 1.165) is 11.3 Å². The highest BCUT2D eigenvalue weighted by Gasteiger charge is 2.06. The lowest BCUT2D eigenvalue weighted by atomic mass is 10.1. The Morgan fingerprint density at radius 1 is 1.12 bits per heavy atom. The van der Waals surface area contributed by atoms with Crippen molar-refractivity contribution in [3.8, 4) is 0 Å². The fourth-order valence-corrected chi connectivity index (χ4v) is 2.49. The van der Waals surface area contributed by atoms with Gasteiger partial charge in [-0.25, -0.2) is 0 Å². The van der Waals surface area contributed by atoms with Crippen LogP contribution >= 0.6 is 11.3 Å². The maximum Gasteiger partial charge on any atom is 0.174 e. The van der Waals surface area contributed by atoms with Crippen LogP contribution in [0, 0.1) is 0 Å². The van der Waals surface area contributed by atoms with Gasteiger partial charge in [0, 0.05) is 12.6 Å². The Bertz CT molecular complexity index is 295. The molecule has 0 N–H and O–H groups in total. The Morgan fingerprint density at radius 2 is 1.76 bits per heavy atom. The summed E-state index contributed by atoms with van der Waals surface area (Å²) >= 11 is 1.45. The summed E-state index contributed by atoms with van der Waals surface area (Å²) in [7, 11) is 0. The molecule has 0 bridgehead atoms. The first-order valence-electron chi connectivity index (χ1n) is 6.76. The minimum atomic E-state index is 0.262. The van der Waals surface area contributed by atoms with Crippen LogP contribution in [0.15, 0.2) is 11.7 Å². The fourth-order valence-electron chi connectivity index (χ4n) is 1.90. The van der Waals surface area contributed by atoms with Crippen molar-refractivity contribution < 1.29 is 4.79 Å². The van der Waals surface area contributed by atoms with Crippen LogP contribution in [0.4, 0.5) is 0 Å². The summed E-state index contributed by atoms with van der Waals surface area (Å²) in [6.07, 6.45) is 12.6. The van der Waals surface area contributed by atoms with E-state index in [4.69, 9.17) is 0 Å². The predicted molar refractivity (Wildman–Crippen MR) is 73.7 cm³/mol. The summed E-state index contributed by atoms with van der Waals surface area (Å²) in [5, 5.41) is 0. The number of unbranched alkanes of at least 4 members (excludes halogenated alkanes) is 7. The molecule has 0 saturated carbocycles. The summed E-state index contributed by atoms with van der Waals surface area (Å²) in [6.45, 7) is 2.24.